The first-order valence-electron chi connectivity index (χ1n) is 7.81. The first kappa shape index (κ1) is 17.5. The third-order valence-corrected chi connectivity index (χ3v) is 4.66. The van der Waals surface area contributed by atoms with Gasteiger partial charge in [0, 0.05) is 15.8 Å². The van der Waals surface area contributed by atoms with Crippen molar-refractivity contribution in [3.63, 3.8) is 0 Å². The summed E-state index contributed by atoms with van der Waals surface area (Å²) in [6.45, 7) is 8.14. The fourth-order valence-corrected chi connectivity index (χ4v) is 2.65. The SMILES string of the molecule is Cc1cc(NC(C)C(=O)Nc2ccccc2C(C)C)ccc1Br. The van der Waals surface area contributed by atoms with E-state index >= 15 is 0 Å². The smallest absolute Gasteiger partial charge is 0.246 e. The minimum absolute atomic E-state index is 0.0429. The molecule has 0 aromatic heterocycles. The molecule has 0 spiro atoms. The van der Waals surface area contributed by atoms with Crippen LogP contribution in [0.3, 0.4) is 0 Å². The Morgan fingerprint density at radius 2 is 1.78 bits per heavy atom. The topological polar surface area (TPSA) is 41.1 Å². The van der Waals surface area contributed by atoms with E-state index in [0.29, 0.717) is 5.92 Å². The number of benzene rings is 2. The number of rotatable bonds is 5. The number of amides is 1. The average molecular weight is 375 g/mol. The van der Waals surface area contributed by atoms with E-state index < -0.39 is 0 Å². The van der Waals surface area contributed by atoms with Crippen LogP contribution in [0.2, 0.25) is 0 Å². The highest BCUT2D eigenvalue weighted by Gasteiger charge is 2.15. The van der Waals surface area contributed by atoms with E-state index in [1.807, 2.05) is 50.2 Å². The highest BCUT2D eigenvalue weighted by atomic mass is 79.9. The summed E-state index contributed by atoms with van der Waals surface area (Å²) in [5.41, 5.74) is 4.10. The minimum Gasteiger partial charge on any atom is -0.374 e. The van der Waals surface area contributed by atoms with Crippen molar-refractivity contribution in [3.05, 3.63) is 58.1 Å². The van der Waals surface area contributed by atoms with Crippen LogP contribution in [0.25, 0.3) is 0 Å². The van der Waals surface area contributed by atoms with Crippen LogP contribution in [0.5, 0.6) is 0 Å². The van der Waals surface area contributed by atoms with Gasteiger partial charge in [-0.15, -0.1) is 0 Å². The largest absolute Gasteiger partial charge is 0.374 e. The Balaban J connectivity index is 2.07. The highest BCUT2D eigenvalue weighted by Crippen LogP contribution is 2.24. The van der Waals surface area contributed by atoms with E-state index in [4.69, 9.17) is 0 Å². The molecule has 122 valence electrons. The summed E-state index contributed by atoms with van der Waals surface area (Å²) >= 11 is 3.48. The van der Waals surface area contributed by atoms with Gasteiger partial charge in [-0.3, -0.25) is 4.79 Å². The summed E-state index contributed by atoms with van der Waals surface area (Å²) in [6.07, 6.45) is 0. The molecule has 0 bridgehead atoms. The molecule has 0 saturated heterocycles. The predicted molar refractivity (Wildman–Crippen MR) is 101 cm³/mol. The van der Waals surface area contributed by atoms with E-state index in [-0.39, 0.29) is 11.9 Å². The zero-order chi connectivity index (χ0) is 17.0. The van der Waals surface area contributed by atoms with Crippen molar-refractivity contribution < 1.29 is 4.79 Å². The summed E-state index contributed by atoms with van der Waals surface area (Å²) in [5, 5.41) is 6.27. The van der Waals surface area contributed by atoms with Gasteiger partial charge in [0.2, 0.25) is 5.91 Å². The van der Waals surface area contributed by atoms with Gasteiger partial charge < -0.3 is 10.6 Å². The van der Waals surface area contributed by atoms with Crippen LogP contribution >= 0.6 is 15.9 Å². The summed E-state index contributed by atoms with van der Waals surface area (Å²) in [6, 6.07) is 13.6. The number of hydrogen-bond acceptors (Lipinski definition) is 2. The van der Waals surface area contributed by atoms with Crippen molar-refractivity contribution in [1.82, 2.24) is 0 Å². The number of halogens is 1. The van der Waals surface area contributed by atoms with Gasteiger partial charge in [0.15, 0.2) is 0 Å². The lowest BCUT2D eigenvalue weighted by Gasteiger charge is -2.18. The maximum absolute atomic E-state index is 12.5. The van der Waals surface area contributed by atoms with Crippen LogP contribution < -0.4 is 10.6 Å². The first-order valence-corrected chi connectivity index (χ1v) is 8.60. The van der Waals surface area contributed by atoms with Crippen molar-refractivity contribution in [2.45, 2.75) is 39.7 Å². The summed E-state index contributed by atoms with van der Waals surface area (Å²) in [7, 11) is 0. The van der Waals surface area contributed by atoms with Gasteiger partial charge in [-0.2, -0.15) is 0 Å². The van der Waals surface area contributed by atoms with Gasteiger partial charge in [-0.1, -0.05) is 48.0 Å². The number of para-hydroxylation sites is 1. The number of aryl methyl sites for hydroxylation is 1. The molecule has 0 saturated carbocycles. The number of anilines is 2. The molecule has 0 aliphatic heterocycles. The number of nitrogens with one attached hydrogen (secondary N) is 2. The molecule has 2 N–H and O–H groups in total. The van der Waals surface area contributed by atoms with E-state index in [0.717, 1.165) is 27.0 Å². The van der Waals surface area contributed by atoms with Crippen LogP contribution in [0.1, 0.15) is 37.8 Å². The quantitative estimate of drug-likeness (QED) is 0.743. The Kier molecular flexibility index (Phi) is 5.83. The van der Waals surface area contributed by atoms with Gasteiger partial charge >= 0.3 is 0 Å². The molecule has 1 atom stereocenters. The van der Waals surface area contributed by atoms with Gasteiger partial charge in [-0.05, 0) is 55.2 Å². The first-order chi connectivity index (χ1) is 10.9. The Hall–Kier alpha value is -1.81. The van der Waals surface area contributed by atoms with Crippen LogP contribution in [0.4, 0.5) is 11.4 Å². The van der Waals surface area contributed by atoms with Crippen LogP contribution in [0, 0.1) is 6.92 Å². The monoisotopic (exact) mass is 374 g/mol. The van der Waals surface area contributed by atoms with Crippen LogP contribution in [-0.4, -0.2) is 11.9 Å². The molecule has 0 aliphatic rings. The lowest BCUT2D eigenvalue weighted by Crippen LogP contribution is -2.32. The van der Waals surface area contributed by atoms with Crippen LogP contribution in [-0.2, 0) is 4.79 Å². The van der Waals surface area contributed by atoms with Crippen molar-refractivity contribution in [3.8, 4) is 0 Å². The lowest BCUT2D eigenvalue weighted by molar-refractivity contribution is -0.116. The van der Waals surface area contributed by atoms with Crippen molar-refractivity contribution in [2.24, 2.45) is 0 Å². The van der Waals surface area contributed by atoms with Gasteiger partial charge in [0.1, 0.15) is 6.04 Å². The van der Waals surface area contributed by atoms with Gasteiger partial charge in [0.05, 0.1) is 0 Å². The Labute approximate surface area is 146 Å². The molecular weight excluding hydrogens is 352 g/mol. The van der Waals surface area contributed by atoms with Crippen molar-refractivity contribution >= 4 is 33.2 Å². The number of hydrogen-bond donors (Lipinski definition) is 2. The third kappa shape index (κ3) is 4.58. The zero-order valence-electron chi connectivity index (χ0n) is 14.0. The fraction of sp³-hybridized carbons (Fsp3) is 0.316. The van der Waals surface area contributed by atoms with E-state index in [1.165, 1.54) is 0 Å². The molecule has 0 fully saturated rings. The molecule has 0 radical (unpaired) electrons. The molecule has 4 heteroatoms. The van der Waals surface area contributed by atoms with Gasteiger partial charge in [0.25, 0.3) is 0 Å². The molecule has 3 nitrogen and oxygen atoms in total. The molecular formula is C19H23BrN2O. The molecule has 2 rings (SSSR count). The molecule has 0 heterocycles. The van der Waals surface area contributed by atoms with E-state index in [9.17, 15) is 4.79 Å². The molecule has 23 heavy (non-hydrogen) atoms. The standard InChI is InChI=1S/C19H23BrN2O/c1-12(2)16-7-5-6-8-18(16)22-19(23)14(4)21-15-9-10-17(20)13(3)11-15/h5-12,14,21H,1-4H3,(H,22,23). The minimum atomic E-state index is -0.323. The Bertz CT molecular complexity index is 698. The lowest BCUT2D eigenvalue weighted by atomic mass is 10.0. The second kappa shape index (κ2) is 7.64. The number of carbonyl (C=O) groups is 1. The van der Waals surface area contributed by atoms with E-state index in [2.05, 4.69) is 46.5 Å². The summed E-state index contributed by atoms with van der Waals surface area (Å²) < 4.78 is 1.06. The highest BCUT2D eigenvalue weighted by molar-refractivity contribution is 9.10. The summed E-state index contributed by atoms with van der Waals surface area (Å²) in [4.78, 5) is 12.5. The third-order valence-electron chi connectivity index (χ3n) is 3.78. The average Bonchev–Trinajstić information content (AvgIpc) is 2.51. The second-order valence-electron chi connectivity index (χ2n) is 6.06. The van der Waals surface area contributed by atoms with Crippen molar-refractivity contribution in [1.29, 1.82) is 0 Å². The normalized spacial score (nSPS) is 12.1. The molecule has 2 aromatic carbocycles. The molecule has 2 aromatic rings. The number of carbonyl (C=O) groups excluding carboxylic acids is 1. The Morgan fingerprint density at radius 1 is 1.09 bits per heavy atom. The Morgan fingerprint density at radius 3 is 2.43 bits per heavy atom. The molecule has 0 aliphatic carbocycles. The van der Waals surface area contributed by atoms with Crippen molar-refractivity contribution in [2.75, 3.05) is 10.6 Å². The maximum Gasteiger partial charge on any atom is 0.246 e. The van der Waals surface area contributed by atoms with Crippen LogP contribution in [0.15, 0.2) is 46.9 Å². The maximum atomic E-state index is 12.5. The molecule has 1 amide bonds. The predicted octanol–water partition coefficient (Wildman–Crippen LogP) is 5.32. The summed E-state index contributed by atoms with van der Waals surface area (Å²) in [5.74, 6) is 0.322. The van der Waals surface area contributed by atoms with Gasteiger partial charge in [-0.25, -0.2) is 0 Å². The zero-order valence-corrected chi connectivity index (χ0v) is 15.6. The fourth-order valence-electron chi connectivity index (χ4n) is 2.41. The second-order valence-corrected chi connectivity index (χ2v) is 6.92. The van der Waals surface area contributed by atoms with E-state index in [1.54, 1.807) is 0 Å². The molecule has 1 unspecified atom stereocenters.